The highest BCUT2D eigenvalue weighted by atomic mass is 16.5. The van der Waals surface area contributed by atoms with E-state index in [9.17, 15) is 4.79 Å². The van der Waals surface area contributed by atoms with Crippen molar-refractivity contribution in [3.8, 4) is 0 Å². The van der Waals surface area contributed by atoms with Crippen LogP contribution in [0.4, 0.5) is 0 Å². The van der Waals surface area contributed by atoms with E-state index >= 15 is 0 Å². The van der Waals surface area contributed by atoms with Gasteiger partial charge >= 0.3 is 5.97 Å². The molecule has 0 aliphatic heterocycles. The second-order valence-corrected chi connectivity index (χ2v) is 4.41. The number of carbonyl (C=O) groups is 1. The van der Waals surface area contributed by atoms with Crippen LogP contribution in [-0.4, -0.2) is 24.6 Å². The maximum absolute atomic E-state index is 11.4. The molecule has 19 heavy (non-hydrogen) atoms. The first-order valence-electron chi connectivity index (χ1n) is 6.35. The predicted molar refractivity (Wildman–Crippen MR) is 71.5 cm³/mol. The van der Waals surface area contributed by atoms with Crippen LogP contribution in [-0.2, 0) is 16.1 Å². The summed E-state index contributed by atoms with van der Waals surface area (Å²) in [5, 5.41) is 3.26. The molecule has 0 amide bonds. The number of benzene rings is 1. The third-order valence-corrected chi connectivity index (χ3v) is 3.14. The largest absolute Gasteiger partial charge is 0.469 e. The van der Waals surface area contributed by atoms with Crippen molar-refractivity contribution in [2.24, 2.45) is 5.92 Å². The zero-order valence-electron chi connectivity index (χ0n) is 11.2. The summed E-state index contributed by atoms with van der Waals surface area (Å²) in [5.41, 5.74) is 2.73. The van der Waals surface area contributed by atoms with Crippen molar-refractivity contribution >= 4 is 17.1 Å². The van der Waals surface area contributed by atoms with Crippen LogP contribution in [0.5, 0.6) is 0 Å². The molecule has 0 spiro atoms. The van der Waals surface area contributed by atoms with Crippen LogP contribution < -0.4 is 5.32 Å². The summed E-state index contributed by atoms with van der Waals surface area (Å²) in [4.78, 5) is 15.5. The second kappa shape index (κ2) is 6.33. The van der Waals surface area contributed by atoms with Gasteiger partial charge in [-0.25, -0.2) is 4.98 Å². The molecule has 0 aliphatic rings. The number of nitrogens with one attached hydrogen (secondary N) is 1. The molecule has 1 unspecified atom stereocenters. The molecule has 0 fully saturated rings. The lowest BCUT2D eigenvalue weighted by Gasteiger charge is -2.13. The van der Waals surface area contributed by atoms with Gasteiger partial charge in [0.05, 0.1) is 13.0 Å². The number of methoxy groups -OCH3 is 1. The van der Waals surface area contributed by atoms with Crippen molar-refractivity contribution < 1.29 is 13.9 Å². The van der Waals surface area contributed by atoms with Gasteiger partial charge in [-0.3, -0.25) is 4.79 Å². The Balaban J connectivity index is 1.89. The summed E-state index contributed by atoms with van der Waals surface area (Å²) in [5.74, 6) is -0.264. The monoisotopic (exact) mass is 262 g/mol. The van der Waals surface area contributed by atoms with Crippen LogP contribution in [0, 0.1) is 5.92 Å². The number of hydrogen-bond donors (Lipinski definition) is 1. The van der Waals surface area contributed by atoms with E-state index in [0.717, 1.165) is 23.1 Å². The Kier molecular flexibility index (Phi) is 4.52. The molecule has 102 valence electrons. The molecule has 5 heteroatoms. The minimum Gasteiger partial charge on any atom is -0.469 e. The van der Waals surface area contributed by atoms with Gasteiger partial charge in [0.1, 0.15) is 5.52 Å². The maximum Gasteiger partial charge on any atom is 0.309 e. The smallest absolute Gasteiger partial charge is 0.309 e. The van der Waals surface area contributed by atoms with E-state index in [0.29, 0.717) is 13.1 Å². The number of hydrogen-bond acceptors (Lipinski definition) is 5. The van der Waals surface area contributed by atoms with Gasteiger partial charge in [-0.2, -0.15) is 0 Å². The van der Waals surface area contributed by atoms with Crippen LogP contribution in [0.1, 0.15) is 18.9 Å². The molecule has 0 radical (unpaired) electrons. The Morgan fingerprint density at radius 3 is 3.11 bits per heavy atom. The highest BCUT2D eigenvalue weighted by Crippen LogP contribution is 2.14. The Morgan fingerprint density at radius 2 is 2.37 bits per heavy atom. The first-order chi connectivity index (χ1) is 9.24. The number of rotatable bonds is 6. The molecule has 5 nitrogen and oxygen atoms in total. The summed E-state index contributed by atoms with van der Waals surface area (Å²) < 4.78 is 10.0. The standard InChI is InChI=1S/C14H18N2O3/c1-3-11(14(17)18-2)8-15-7-10-4-5-12-13(6-10)19-9-16-12/h4-6,9,11,15H,3,7-8H2,1-2H3. The third-order valence-electron chi connectivity index (χ3n) is 3.14. The number of aromatic nitrogens is 1. The molecule has 0 saturated carbocycles. The van der Waals surface area contributed by atoms with E-state index in [1.165, 1.54) is 13.5 Å². The normalized spacial score (nSPS) is 12.5. The van der Waals surface area contributed by atoms with Gasteiger partial charge in [0.15, 0.2) is 12.0 Å². The third kappa shape index (κ3) is 3.32. The van der Waals surface area contributed by atoms with Crippen LogP contribution in [0.3, 0.4) is 0 Å². The summed E-state index contributed by atoms with van der Waals surface area (Å²) in [6.45, 7) is 3.27. The lowest BCUT2D eigenvalue weighted by Crippen LogP contribution is -2.28. The zero-order chi connectivity index (χ0) is 13.7. The quantitative estimate of drug-likeness (QED) is 0.808. The first-order valence-corrected chi connectivity index (χ1v) is 6.35. The Hall–Kier alpha value is -1.88. The van der Waals surface area contributed by atoms with Crippen molar-refractivity contribution in [3.63, 3.8) is 0 Å². The molecular weight excluding hydrogens is 244 g/mol. The highest BCUT2D eigenvalue weighted by molar-refractivity contribution is 5.73. The minimum atomic E-state index is -0.166. The van der Waals surface area contributed by atoms with Crippen molar-refractivity contribution in [2.45, 2.75) is 19.9 Å². The molecule has 0 aliphatic carbocycles. The molecule has 2 rings (SSSR count). The van der Waals surface area contributed by atoms with Crippen LogP contribution >= 0.6 is 0 Å². The highest BCUT2D eigenvalue weighted by Gasteiger charge is 2.15. The lowest BCUT2D eigenvalue weighted by molar-refractivity contribution is -0.145. The molecule has 2 aromatic rings. The Labute approximate surface area is 112 Å². The maximum atomic E-state index is 11.4. The number of fused-ring (bicyclic) bond motifs is 1. The SMILES string of the molecule is CCC(CNCc1ccc2ncoc2c1)C(=O)OC. The minimum absolute atomic E-state index is 0.0981. The number of ether oxygens (including phenoxy) is 1. The van der Waals surface area contributed by atoms with E-state index < -0.39 is 0 Å². The molecule has 1 atom stereocenters. The van der Waals surface area contributed by atoms with Gasteiger partial charge in [-0.1, -0.05) is 13.0 Å². The average molecular weight is 262 g/mol. The zero-order valence-corrected chi connectivity index (χ0v) is 11.2. The fourth-order valence-electron chi connectivity index (χ4n) is 1.96. The number of oxazole rings is 1. The van der Waals surface area contributed by atoms with Crippen LogP contribution in [0.2, 0.25) is 0 Å². The summed E-state index contributed by atoms with van der Waals surface area (Å²) in [7, 11) is 1.42. The van der Waals surface area contributed by atoms with Crippen LogP contribution in [0.15, 0.2) is 29.0 Å². The molecular formula is C14H18N2O3. The molecule has 1 heterocycles. The molecule has 0 saturated heterocycles. The van der Waals surface area contributed by atoms with Crippen molar-refractivity contribution in [2.75, 3.05) is 13.7 Å². The van der Waals surface area contributed by atoms with Crippen LogP contribution in [0.25, 0.3) is 11.1 Å². The van der Waals surface area contributed by atoms with Gasteiger partial charge in [0.25, 0.3) is 0 Å². The molecule has 1 aromatic heterocycles. The summed E-state index contributed by atoms with van der Waals surface area (Å²) >= 11 is 0. The summed E-state index contributed by atoms with van der Waals surface area (Å²) in [6.07, 6.45) is 2.20. The number of carbonyl (C=O) groups excluding carboxylic acids is 1. The van der Waals surface area contributed by atoms with E-state index in [2.05, 4.69) is 10.3 Å². The fourth-order valence-corrected chi connectivity index (χ4v) is 1.96. The van der Waals surface area contributed by atoms with E-state index in [4.69, 9.17) is 9.15 Å². The van der Waals surface area contributed by atoms with E-state index in [1.54, 1.807) is 0 Å². The number of nitrogens with zero attached hydrogens (tertiary/aromatic N) is 1. The van der Waals surface area contributed by atoms with Gasteiger partial charge in [0.2, 0.25) is 0 Å². The van der Waals surface area contributed by atoms with Gasteiger partial charge < -0.3 is 14.5 Å². The topological polar surface area (TPSA) is 64.4 Å². The predicted octanol–water partition coefficient (Wildman–Crippen LogP) is 2.12. The van der Waals surface area contributed by atoms with E-state index in [-0.39, 0.29) is 11.9 Å². The van der Waals surface area contributed by atoms with E-state index in [1.807, 2.05) is 25.1 Å². The number of esters is 1. The molecule has 1 aromatic carbocycles. The Bertz CT molecular complexity index is 550. The first kappa shape index (κ1) is 13.5. The lowest BCUT2D eigenvalue weighted by atomic mass is 10.1. The molecule has 0 bridgehead atoms. The van der Waals surface area contributed by atoms with Crippen molar-refractivity contribution in [3.05, 3.63) is 30.2 Å². The van der Waals surface area contributed by atoms with Crippen molar-refractivity contribution in [1.29, 1.82) is 0 Å². The summed E-state index contributed by atoms with van der Waals surface area (Å²) in [6, 6.07) is 5.87. The average Bonchev–Trinajstić information content (AvgIpc) is 2.90. The van der Waals surface area contributed by atoms with Gasteiger partial charge in [0, 0.05) is 13.1 Å². The fraction of sp³-hybridized carbons (Fsp3) is 0.429. The van der Waals surface area contributed by atoms with Gasteiger partial charge in [-0.15, -0.1) is 0 Å². The Morgan fingerprint density at radius 1 is 1.53 bits per heavy atom. The van der Waals surface area contributed by atoms with Gasteiger partial charge in [-0.05, 0) is 24.1 Å². The second-order valence-electron chi connectivity index (χ2n) is 4.41. The molecule has 1 N–H and O–H groups in total. The van der Waals surface area contributed by atoms with Crippen molar-refractivity contribution in [1.82, 2.24) is 10.3 Å².